The van der Waals surface area contributed by atoms with E-state index in [1.54, 1.807) is 0 Å². The molecule has 3 N–H and O–H groups in total. The first kappa shape index (κ1) is 33.4. The van der Waals surface area contributed by atoms with Crippen molar-refractivity contribution in [3.8, 4) is 5.75 Å². The number of benzene rings is 2. The van der Waals surface area contributed by atoms with Gasteiger partial charge >= 0.3 is 6.03 Å². The number of nitrogens with one attached hydrogen (secondary N) is 3. The van der Waals surface area contributed by atoms with Crippen LogP contribution in [0.15, 0.2) is 47.8 Å². The Morgan fingerprint density at radius 2 is 1.67 bits per heavy atom. The third kappa shape index (κ3) is 9.13. The van der Waals surface area contributed by atoms with Crippen molar-refractivity contribution in [2.24, 2.45) is 11.0 Å². The largest absolute Gasteiger partial charge is 0.486 e. The highest BCUT2D eigenvalue weighted by Crippen LogP contribution is 2.35. The van der Waals surface area contributed by atoms with Gasteiger partial charge in [-0.3, -0.25) is 4.90 Å². The molecule has 5 heterocycles. The number of nitrogens with zero attached hydrogens (tertiary/aromatic N) is 6. The molecule has 2 amide bonds. The molecule has 4 saturated heterocycles. The van der Waals surface area contributed by atoms with Gasteiger partial charge in [-0.05, 0) is 56.1 Å². The molecule has 7 rings (SSSR count). The molecule has 0 aliphatic carbocycles. The SMILES string of the molecule is O=C(N/N=C/C1CCN(CCN2CCOCC2)CC1)Nc1cc2c(Nc3cccc(N4CCOCC4)c3)ncnc2cc1OC1CCOC1. The van der Waals surface area contributed by atoms with Crippen molar-refractivity contribution in [2.45, 2.75) is 25.4 Å². The lowest BCUT2D eigenvalue weighted by molar-refractivity contribution is 0.0320. The Morgan fingerprint density at radius 1 is 0.898 bits per heavy atom. The average Bonchev–Trinajstić information content (AvgIpc) is 3.66. The predicted molar refractivity (Wildman–Crippen MR) is 189 cm³/mol. The van der Waals surface area contributed by atoms with E-state index in [1.807, 2.05) is 30.5 Å². The van der Waals surface area contributed by atoms with Gasteiger partial charge in [0, 0.05) is 74.7 Å². The summed E-state index contributed by atoms with van der Waals surface area (Å²) in [6.45, 7) is 12.2. The van der Waals surface area contributed by atoms with Gasteiger partial charge in [0.1, 0.15) is 24.0 Å². The molecule has 1 aromatic heterocycles. The highest BCUT2D eigenvalue weighted by atomic mass is 16.5. The molecule has 0 radical (unpaired) electrons. The van der Waals surface area contributed by atoms with E-state index in [0.717, 1.165) is 115 Å². The fourth-order valence-corrected chi connectivity index (χ4v) is 6.69. The smallest absolute Gasteiger partial charge is 0.339 e. The molecule has 262 valence electrons. The van der Waals surface area contributed by atoms with Gasteiger partial charge in [0.15, 0.2) is 0 Å². The summed E-state index contributed by atoms with van der Waals surface area (Å²) >= 11 is 0. The van der Waals surface area contributed by atoms with Crippen LogP contribution in [0.2, 0.25) is 0 Å². The average molecular weight is 674 g/mol. The van der Waals surface area contributed by atoms with Crippen LogP contribution < -0.4 is 25.7 Å². The Bertz CT molecular complexity index is 1570. The van der Waals surface area contributed by atoms with E-state index in [4.69, 9.17) is 18.9 Å². The Balaban J connectivity index is 0.998. The van der Waals surface area contributed by atoms with Crippen molar-refractivity contribution in [1.82, 2.24) is 25.2 Å². The summed E-state index contributed by atoms with van der Waals surface area (Å²) in [4.78, 5) is 29.5. The number of ether oxygens (including phenoxy) is 4. The number of amides is 2. The van der Waals surface area contributed by atoms with Crippen LogP contribution in [0.1, 0.15) is 19.3 Å². The van der Waals surface area contributed by atoms with E-state index in [9.17, 15) is 4.79 Å². The third-order valence-electron chi connectivity index (χ3n) is 9.57. The third-order valence-corrected chi connectivity index (χ3v) is 9.57. The van der Waals surface area contributed by atoms with Crippen LogP contribution in [0.4, 0.5) is 27.7 Å². The summed E-state index contributed by atoms with van der Waals surface area (Å²) in [7, 11) is 0. The van der Waals surface area contributed by atoms with Gasteiger partial charge in [0.05, 0.1) is 50.8 Å². The summed E-state index contributed by atoms with van der Waals surface area (Å²) in [6, 6.07) is 11.5. The minimum atomic E-state index is -0.448. The maximum atomic E-state index is 13.1. The molecule has 1 unspecified atom stereocenters. The van der Waals surface area contributed by atoms with E-state index < -0.39 is 6.03 Å². The van der Waals surface area contributed by atoms with Gasteiger partial charge in [-0.1, -0.05) is 6.07 Å². The number of hydrazone groups is 1. The molecular formula is C35H47N9O5. The summed E-state index contributed by atoms with van der Waals surface area (Å²) in [5, 5.41) is 11.5. The highest BCUT2D eigenvalue weighted by Gasteiger charge is 2.22. The molecule has 3 aromatic rings. The first-order chi connectivity index (χ1) is 24.2. The molecule has 0 spiro atoms. The first-order valence-electron chi connectivity index (χ1n) is 17.5. The van der Waals surface area contributed by atoms with Crippen LogP contribution in [0.3, 0.4) is 0 Å². The number of carbonyl (C=O) groups is 1. The number of anilines is 4. The van der Waals surface area contributed by atoms with E-state index >= 15 is 0 Å². The number of piperidine rings is 1. The second-order valence-corrected chi connectivity index (χ2v) is 12.9. The van der Waals surface area contributed by atoms with Crippen molar-refractivity contribution in [2.75, 3.05) is 108 Å². The van der Waals surface area contributed by atoms with Crippen LogP contribution in [0, 0.1) is 5.92 Å². The van der Waals surface area contributed by atoms with Crippen molar-refractivity contribution in [3.63, 3.8) is 0 Å². The minimum absolute atomic E-state index is 0.110. The summed E-state index contributed by atoms with van der Waals surface area (Å²) in [6.07, 6.45) is 6.10. The van der Waals surface area contributed by atoms with Crippen molar-refractivity contribution < 1.29 is 23.7 Å². The van der Waals surface area contributed by atoms with Crippen molar-refractivity contribution in [3.05, 3.63) is 42.7 Å². The molecule has 4 aliphatic heterocycles. The minimum Gasteiger partial charge on any atom is -0.486 e. The van der Waals surface area contributed by atoms with E-state index in [0.29, 0.717) is 41.9 Å². The lowest BCUT2D eigenvalue weighted by Crippen LogP contribution is -2.43. The van der Waals surface area contributed by atoms with E-state index in [1.165, 1.54) is 6.33 Å². The summed E-state index contributed by atoms with van der Waals surface area (Å²) < 4.78 is 22.8. The van der Waals surface area contributed by atoms with Crippen LogP contribution in [0.5, 0.6) is 5.75 Å². The predicted octanol–water partition coefficient (Wildman–Crippen LogP) is 3.53. The maximum Gasteiger partial charge on any atom is 0.339 e. The maximum absolute atomic E-state index is 13.1. The van der Waals surface area contributed by atoms with E-state index in [-0.39, 0.29) is 6.10 Å². The number of hydrogen-bond acceptors (Lipinski definition) is 12. The molecule has 14 nitrogen and oxygen atoms in total. The Labute approximate surface area is 287 Å². The molecule has 4 aliphatic rings. The number of aromatic nitrogens is 2. The molecule has 0 saturated carbocycles. The molecule has 1 atom stereocenters. The zero-order valence-corrected chi connectivity index (χ0v) is 28.0. The van der Waals surface area contributed by atoms with Gasteiger partial charge < -0.3 is 39.4 Å². The molecular weight excluding hydrogens is 626 g/mol. The lowest BCUT2D eigenvalue weighted by Gasteiger charge is -2.33. The number of morpholine rings is 2. The molecule has 2 aromatic carbocycles. The van der Waals surface area contributed by atoms with E-state index in [2.05, 4.69) is 58.0 Å². The van der Waals surface area contributed by atoms with Crippen molar-refractivity contribution in [1.29, 1.82) is 0 Å². The monoisotopic (exact) mass is 673 g/mol. The van der Waals surface area contributed by atoms with Crippen LogP contribution in [-0.2, 0) is 14.2 Å². The zero-order chi connectivity index (χ0) is 33.3. The quantitative estimate of drug-likeness (QED) is 0.204. The van der Waals surface area contributed by atoms with Crippen LogP contribution in [0.25, 0.3) is 10.9 Å². The highest BCUT2D eigenvalue weighted by molar-refractivity contribution is 5.99. The van der Waals surface area contributed by atoms with Gasteiger partial charge in [-0.15, -0.1) is 0 Å². The topological polar surface area (TPSA) is 138 Å². The Hall–Kier alpha value is -4.08. The van der Waals surface area contributed by atoms with Crippen LogP contribution in [-0.4, -0.2) is 130 Å². The molecule has 4 fully saturated rings. The standard InChI is InChI=1S/C35H47N9O5/c45-35(41-38-23-26-4-7-42(8-5-26)9-10-43-11-16-46-17-12-43)40-32-21-30-31(22-33(32)49-29-6-15-48-24-29)36-25-37-34(30)39-27-2-1-3-28(20-27)44-13-18-47-19-14-44/h1-3,20-23,25-26,29H,4-19,24H2,(H,36,37,39)(H2,40,41,45)/b38-23+. The number of rotatable bonds is 11. The first-order valence-corrected chi connectivity index (χ1v) is 17.5. The number of likely N-dealkylation sites (tertiary alicyclic amines) is 1. The van der Waals surface area contributed by atoms with Crippen molar-refractivity contribution >= 4 is 46.0 Å². The van der Waals surface area contributed by atoms with Crippen LogP contribution >= 0.6 is 0 Å². The fourth-order valence-electron chi connectivity index (χ4n) is 6.69. The van der Waals surface area contributed by atoms with Gasteiger partial charge in [0.2, 0.25) is 0 Å². The van der Waals surface area contributed by atoms with Gasteiger partial charge in [-0.2, -0.15) is 5.10 Å². The second kappa shape index (κ2) is 16.5. The lowest BCUT2D eigenvalue weighted by atomic mass is 9.98. The number of urea groups is 1. The van der Waals surface area contributed by atoms with Gasteiger partial charge in [-0.25, -0.2) is 20.2 Å². The molecule has 14 heteroatoms. The second-order valence-electron chi connectivity index (χ2n) is 12.9. The number of hydrogen-bond donors (Lipinski definition) is 3. The summed E-state index contributed by atoms with van der Waals surface area (Å²) in [5.74, 6) is 1.47. The number of fused-ring (bicyclic) bond motifs is 1. The summed E-state index contributed by atoms with van der Waals surface area (Å²) in [5.41, 5.74) is 5.88. The fraction of sp³-hybridized carbons (Fsp3) is 0.543. The number of carbonyl (C=O) groups excluding carboxylic acids is 1. The normalized spacial score (nSPS) is 21.3. The zero-order valence-electron chi connectivity index (χ0n) is 28.0. The molecule has 49 heavy (non-hydrogen) atoms. The Kier molecular flexibility index (Phi) is 11.3. The Morgan fingerprint density at radius 3 is 2.45 bits per heavy atom. The van der Waals surface area contributed by atoms with Gasteiger partial charge in [0.25, 0.3) is 0 Å². The molecule has 0 bridgehead atoms.